The van der Waals surface area contributed by atoms with Crippen LogP contribution < -0.4 is 59.1 Å². The summed E-state index contributed by atoms with van der Waals surface area (Å²) < 4.78 is 44.5. The van der Waals surface area contributed by atoms with Gasteiger partial charge in [-0.25, -0.2) is 0 Å². The third kappa shape index (κ3) is 159. The molecule has 0 amide bonds. The first-order valence-corrected chi connectivity index (χ1v) is 6.95. The predicted octanol–water partition coefficient (Wildman–Crippen LogP) is -10.2. The van der Waals surface area contributed by atoms with Crippen molar-refractivity contribution >= 4 is 0 Å². The predicted molar refractivity (Wildman–Crippen MR) is 16.9 cm³/mol. The molecule has 0 aromatic carbocycles. The zero-order chi connectivity index (χ0) is 6.41. The van der Waals surface area contributed by atoms with Crippen LogP contribution in [-0.2, 0) is 15.8 Å². The van der Waals surface area contributed by atoms with Gasteiger partial charge in [-0.15, -0.1) is 0 Å². The zero-order valence-electron chi connectivity index (χ0n) is 5.50. The summed E-state index contributed by atoms with van der Waals surface area (Å²) in [7, 11) is 0. The van der Waals surface area contributed by atoms with E-state index >= 15 is 0 Å². The molecule has 0 aliphatic rings. The van der Waals surface area contributed by atoms with E-state index in [1.165, 1.54) is 0 Å². The van der Waals surface area contributed by atoms with Gasteiger partial charge < -0.3 is 5.48 Å². The Morgan fingerprint density at radius 2 is 0.600 bits per heavy atom. The van der Waals surface area contributed by atoms with Crippen LogP contribution in [0.15, 0.2) is 0 Å². The van der Waals surface area contributed by atoms with Gasteiger partial charge in [0.15, 0.2) is 0 Å². The fraction of sp³-hybridized carbons (Fsp3) is 0. The van der Waals surface area contributed by atoms with Crippen LogP contribution in [0, 0.1) is 0 Å². The van der Waals surface area contributed by atoms with Gasteiger partial charge in [0.25, 0.3) is 0 Å². The molecular formula is H8Na2O7Pt. The third-order valence-electron chi connectivity index (χ3n) is 0. The van der Waals surface area contributed by atoms with Gasteiger partial charge in [0, 0.05) is 0 Å². The summed E-state index contributed by atoms with van der Waals surface area (Å²) in [4.78, 5) is 0. The molecule has 10 heavy (non-hydrogen) atoms. The first-order chi connectivity index (χ1) is 2.45. The van der Waals surface area contributed by atoms with Gasteiger partial charge in [0.1, 0.15) is 0 Å². The molecule has 0 spiro atoms. The van der Waals surface area contributed by atoms with Gasteiger partial charge in [-0.05, 0) is 0 Å². The number of hydrogen-bond donors (Lipinski definition) is 6. The van der Waals surface area contributed by atoms with E-state index in [1.54, 1.807) is 0 Å². The van der Waals surface area contributed by atoms with E-state index in [-0.39, 0.29) is 64.6 Å². The third-order valence-corrected chi connectivity index (χ3v) is 0. The molecule has 0 saturated heterocycles. The molecule has 10 heteroatoms. The average molecular weight is 361 g/mol. The number of rotatable bonds is 0. The summed E-state index contributed by atoms with van der Waals surface area (Å²) in [6.45, 7) is 0. The Bertz CT molecular complexity index is 70.2. The molecule has 0 unspecified atom stereocenters. The molecule has 0 rings (SSSR count). The Morgan fingerprint density at radius 1 is 0.600 bits per heavy atom. The fourth-order valence-corrected chi connectivity index (χ4v) is 0. The molecule has 0 aromatic rings. The van der Waals surface area contributed by atoms with Gasteiger partial charge in [-0.1, -0.05) is 0 Å². The van der Waals surface area contributed by atoms with Crippen molar-refractivity contribution in [3.05, 3.63) is 0 Å². The van der Waals surface area contributed by atoms with Crippen LogP contribution in [0.2, 0.25) is 0 Å². The van der Waals surface area contributed by atoms with Crippen molar-refractivity contribution in [2.75, 3.05) is 0 Å². The van der Waals surface area contributed by atoms with Crippen molar-refractivity contribution in [1.82, 2.24) is 0 Å². The molecular weight excluding hydrogens is 353 g/mol. The summed E-state index contributed by atoms with van der Waals surface area (Å²) in [5.74, 6) is 0. The molecule has 0 fully saturated rings. The molecule has 0 aromatic heterocycles. The molecule has 0 saturated carbocycles. The molecule has 0 radical (unpaired) electrons. The standard InChI is InChI=1S/2Na.7H2O.Pt/h;;7*1H2;/q2*+1;;;;;;;;+4/p-6. The van der Waals surface area contributed by atoms with Crippen LogP contribution >= 0.6 is 0 Å². The van der Waals surface area contributed by atoms with Crippen LogP contribution in [0.4, 0.5) is 0 Å². The van der Waals surface area contributed by atoms with E-state index < -0.39 is 15.8 Å². The Kier molecular flexibility index (Phi) is 9.32. The second-order valence-corrected chi connectivity index (χ2v) is 7.77. The Labute approximate surface area is 101 Å². The van der Waals surface area contributed by atoms with Crippen LogP contribution in [0.3, 0.4) is 0 Å². The topological polar surface area (TPSA) is 153 Å². The van der Waals surface area contributed by atoms with E-state index in [0.717, 1.165) is 0 Å². The van der Waals surface area contributed by atoms with Crippen LogP contribution in [0.25, 0.3) is 0 Å². The first-order valence-electron chi connectivity index (χ1n) is 0.849. The Hall–Kier alpha value is 2.41. The van der Waals surface area contributed by atoms with E-state index in [4.69, 9.17) is 22.6 Å². The van der Waals surface area contributed by atoms with Crippen LogP contribution in [0.1, 0.15) is 0 Å². The minimum atomic E-state index is -8.12. The SMILES string of the molecule is O.[Na+].[Na+].[OH][Pt-2]([OH])([OH])([OH])([OH])[OH]. The molecule has 0 bridgehead atoms. The summed E-state index contributed by atoms with van der Waals surface area (Å²) in [6.07, 6.45) is 0. The van der Waals surface area contributed by atoms with Crippen LogP contribution in [0.5, 0.6) is 0 Å². The quantitative estimate of drug-likeness (QED) is 0.236. The molecule has 0 heterocycles. The molecule has 0 atom stereocenters. The average Bonchev–Trinajstić information content (AvgIpc) is 0.592. The van der Waals surface area contributed by atoms with Crippen molar-refractivity contribution in [2.45, 2.75) is 0 Å². The monoisotopic (exact) mass is 361 g/mol. The van der Waals surface area contributed by atoms with E-state index in [2.05, 4.69) is 0 Å². The Morgan fingerprint density at radius 3 is 0.600 bits per heavy atom. The van der Waals surface area contributed by atoms with Gasteiger partial charge in [-0.3, -0.25) is 0 Å². The van der Waals surface area contributed by atoms with Crippen molar-refractivity contribution in [2.24, 2.45) is 0 Å². The number of hydrogen-bond acceptors (Lipinski definition) is 6. The van der Waals surface area contributed by atoms with Gasteiger partial charge in [-0.2, -0.15) is 0 Å². The van der Waals surface area contributed by atoms with Crippen molar-refractivity contribution < 1.29 is 103 Å². The van der Waals surface area contributed by atoms with Gasteiger partial charge in [0.2, 0.25) is 0 Å². The summed E-state index contributed by atoms with van der Waals surface area (Å²) >= 11 is -8.12. The minimum absolute atomic E-state index is 0. The van der Waals surface area contributed by atoms with Gasteiger partial charge >= 0.3 is 97.5 Å². The van der Waals surface area contributed by atoms with Crippen molar-refractivity contribution in [3.63, 3.8) is 0 Å². The summed E-state index contributed by atoms with van der Waals surface area (Å²) in [5.41, 5.74) is 0. The summed E-state index contributed by atoms with van der Waals surface area (Å²) in [6, 6.07) is 0. The van der Waals surface area contributed by atoms with E-state index in [1.807, 2.05) is 0 Å². The molecule has 0 aliphatic carbocycles. The van der Waals surface area contributed by atoms with E-state index in [0.29, 0.717) is 0 Å². The van der Waals surface area contributed by atoms with Crippen LogP contribution in [-0.4, -0.2) is 28.0 Å². The van der Waals surface area contributed by atoms with Gasteiger partial charge in [0.05, 0.1) is 0 Å². The first kappa shape index (κ1) is 22.8. The molecule has 0 aliphatic heterocycles. The summed E-state index contributed by atoms with van der Waals surface area (Å²) in [5, 5.41) is 0. The molecule has 8 N–H and O–H groups in total. The fourth-order valence-electron chi connectivity index (χ4n) is 0. The normalized spacial score (nSPS) is 16.2. The molecule has 62 valence electrons. The zero-order valence-corrected chi connectivity index (χ0v) is 11.8. The maximum absolute atomic E-state index is 8.12. The van der Waals surface area contributed by atoms with E-state index in [9.17, 15) is 0 Å². The Balaban J connectivity index is -0.0000000600. The second-order valence-electron chi connectivity index (χ2n) is 0.949. The second kappa shape index (κ2) is 4.08. The maximum atomic E-state index is 7.41. The van der Waals surface area contributed by atoms with Crippen molar-refractivity contribution in [3.8, 4) is 0 Å². The van der Waals surface area contributed by atoms with Crippen molar-refractivity contribution in [1.29, 1.82) is 0 Å². The molecule has 7 nitrogen and oxygen atoms in total.